The van der Waals surface area contributed by atoms with E-state index in [1.54, 1.807) is 24.3 Å². The Balaban J connectivity index is 2.07. The fourth-order valence-electron chi connectivity index (χ4n) is 3.75. The van der Waals surface area contributed by atoms with Gasteiger partial charge in [-0.1, -0.05) is 18.2 Å². The Bertz CT molecular complexity index is 1280. The number of phenols is 1. The fraction of sp³-hybridized carbons (Fsp3) is 0.130. The van der Waals surface area contributed by atoms with Crippen molar-refractivity contribution in [2.75, 3.05) is 7.11 Å². The molecule has 138 valence electrons. The number of nitriles is 1. The number of carbonyl (C=O) groups excluding carboxylic acids is 1. The topological polar surface area (TPSA) is 75.2 Å². The van der Waals surface area contributed by atoms with Crippen molar-refractivity contribution in [3.05, 3.63) is 76.9 Å². The van der Waals surface area contributed by atoms with Gasteiger partial charge in [-0.15, -0.1) is 0 Å². The summed E-state index contributed by atoms with van der Waals surface area (Å²) in [6.07, 6.45) is 0. The number of methoxy groups -OCH3 is 1. The van der Waals surface area contributed by atoms with E-state index in [-0.39, 0.29) is 5.75 Å². The van der Waals surface area contributed by atoms with E-state index in [9.17, 15) is 15.2 Å². The highest BCUT2D eigenvalue weighted by atomic mass is 16.5. The van der Waals surface area contributed by atoms with E-state index < -0.39 is 5.97 Å². The van der Waals surface area contributed by atoms with Gasteiger partial charge in [-0.25, -0.2) is 4.79 Å². The molecule has 4 aromatic rings. The molecular formula is C23H18N2O3. The smallest absolute Gasteiger partial charge is 0.338 e. The molecule has 0 spiro atoms. The third kappa shape index (κ3) is 2.76. The maximum absolute atomic E-state index is 12.4. The first-order chi connectivity index (χ1) is 13.5. The number of hydrogen-bond acceptors (Lipinski definition) is 4. The summed E-state index contributed by atoms with van der Waals surface area (Å²) in [5, 5.41) is 21.2. The summed E-state index contributed by atoms with van der Waals surface area (Å²) < 4.78 is 7.00. The molecule has 4 rings (SSSR count). The van der Waals surface area contributed by atoms with E-state index in [2.05, 4.69) is 10.6 Å². The van der Waals surface area contributed by atoms with Crippen molar-refractivity contribution in [2.24, 2.45) is 0 Å². The summed E-state index contributed by atoms with van der Waals surface area (Å²) in [7, 11) is 1.34. The predicted molar refractivity (Wildman–Crippen MR) is 107 cm³/mol. The second-order valence-corrected chi connectivity index (χ2v) is 6.77. The third-order valence-electron chi connectivity index (χ3n) is 4.92. The lowest BCUT2D eigenvalue weighted by molar-refractivity contribution is 0.0603. The van der Waals surface area contributed by atoms with Crippen molar-refractivity contribution in [2.45, 2.75) is 13.5 Å². The second kappa shape index (κ2) is 6.75. The zero-order chi connectivity index (χ0) is 19.8. The van der Waals surface area contributed by atoms with Crippen LogP contribution < -0.4 is 0 Å². The molecule has 0 amide bonds. The lowest BCUT2D eigenvalue weighted by Crippen LogP contribution is -2.03. The minimum absolute atomic E-state index is 0.126. The molecule has 3 aromatic carbocycles. The summed E-state index contributed by atoms with van der Waals surface area (Å²) in [5.74, 6) is -0.322. The molecule has 1 aromatic heterocycles. The Morgan fingerprint density at radius 3 is 2.64 bits per heavy atom. The van der Waals surface area contributed by atoms with Crippen LogP contribution in [0.15, 0.2) is 54.6 Å². The number of esters is 1. The number of aromatic nitrogens is 1. The molecule has 0 unspecified atom stereocenters. The third-order valence-corrected chi connectivity index (χ3v) is 4.92. The van der Waals surface area contributed by atoms with Gasteiger partial charge in [-0.3, -0.25) is 0 Å². The van der Waals surface area contributed by atoms with Crippen molar-refractivity contribution < 1.29 is 14.6 Å². The lowest BCUT2D eigenvalue weighted by Gasteiger charge is -2.09. The monoisotopic (exact) mass is 370 g/mol. The molecule has 0 radical (unpaired) electrons. The van der Waals surface area contributed by atoms with E-state index >= 15 is 0 Å². The Morgan fingerprint density at radius 1 is 1.11 bits per heavy atom. The normalized spacial score (nSPS) is 10.9. The van der Waals surface area contributed by atoms with E-state index in [1.807, 2.05) is 37.3 Å². The zero-order valence-electron chi connectivity index (χ0n) is 15.6. The van der Waals surface area contributed by atoms with Gasteiger partial charge >= 0.3 is 5.97 Å². The number of rotatable bonds is 3. The first-order valence-corrected chi connectivity index (χ1v) is 8.85. The summed E-state index contributed by atoms with van der Waals surface area (Å²) in [4.78, 5) is 12.4. The number of benzene rings is 3. The van der Waals surface area contributed by atoms with Crippen LogP contribution in [0.5, 0.6) is 5.75 Å². The molecule has 0 saturated heterocycles. The maximum atomic E-state index is 12.4. The van der Waals surface area contributed by atoms with E-state index in [1.165, 1.54) is 7.11 Å². The average Bonchev–Trinajstić information content (AvgIpc) is 3.01. The second-order valence-electron chi connectivity index (χ2n) is 6.77. The number of phenolic OH excluding ortho intramolecular Hbond substituents is 1. The number of ether oxygens (including phenoxy) is 1. The van der Waals surface area contributed by atoms with Gasteiger partial charge in [-0.2, -0.15) is 5.26 Å². The van der Waals surface area contributed by atoms with Crippen LogP contribution in [-0.2, 0) is 11.3 Å². The molecule has 0 aliphatic rings. The Kier molecular flexibility index (Phi) is 4.25. The summed E-state index contributed by atoms with van der Waals surface area (Å²) >= 11 is 0. The van der Waals surface area contributed by atoms with E-state index in [0.29, 0.717) is 28.4 Å². The highest BCUT2D eigenvalue weighted by molar-refractivity contribution is 6.19. The lowest BCUT2D eigenvalue weighted by atomic mass is 10.0. The van der Waals surface area contributed by atoms with Crippen LogP contribution in [-0.4, -0.2) is 22.8 Å². The van der Waals surface area contributed by atoms with Gasteiger partial charge in [0.15, 0.2) is 0 Å². The maximum Gasteiger partial charge on any atom is 0.338 e. The van der Waals surface area contributed by atoms with Crippen molar-refractivity contribution in [1.29, 1.82) is 5.26 Å². The number of hydrogen-bond donors (Lipinski definition) is 1. The van der Waals surface area contributed by atoms with Crippen LogP contribution in [0, 0.1) is 18.3 Å². The molecule has 0 fully saturated rings. The van der Waals surface area contributed by atoms with E-state index in [4.69, 9.17) is 4.74 Å². The van der Waals surface area contributed by atoms with Crippen LogP contribution in [0.1, 0.15) is 27.0 Å². The summed E-state index contributed by atoms with van der Waals surface area (Å²) in [6, 6.07) is 18.7. The minimum Gasteiger partial charge on any atom is -0.507 e. The summed E-state index contributed by atoms with van der Waals surface area (Å²) in [5.41, 5.74) is 4.52. The van der Waals surface area contributed by atoms with Crippen LogP contribution in [0.25, 0.3) is 21.8 Å². The Hall–Kier alpha value is -3.78. The van der Waals surface area contributed by atoms with Gasteiger partial charge in [0.1, 0.15) is 5.75 Å². The molecule has 0 aliphatic carbocycles. The van der Waals surface area contributed by atoms with Crippen molar-refractivity contribution in [1.82, 2.24) is 4.57 Å². The van der Waals surface area contributed by atoms with Crippen LogP contribution >= 0.6 is 0 Å². The van der Waals surface area contributed by atoms with Crippen LogP contribution in [0.4, 0.5) is 0 Å². The number of nitrogens with zero attached hydrogens (tertiary/aromatic N) is 2. The quantitative estimate of drug-likeness (QED) is 0.538. The first kappa shape index (κ1) is 17.6. The SMILES string of the molecule is COC(=O)c1cccc2c1c1c(O)cc(C)cc1n2Cc1cccc(C#N)c1. The molecule has 5 heteroatoms. The van der Waals surface area contributed by atoms with E-state index in [0.717, 1.165) is 22.2 Å². The highest BCUT2D eigenvalue weighted by Crippen LogP contribution is 2.38. The van der Waals surface area contributed by atoms with Crippen molar-refractivity contribution in [3.63, 3.8) is 0 Å². The molecule has 5 nitrogen and oxygen atoms in total. The molecular weight excluding hydrogens is 352 g/mol. The molecule has 1 heterocycles. The first-order valence-electron chi connectivity index (χ1n) is 8.85. The molecule has 1 N–H and O–H groups in total. The van der Waals surface area contributed by atoms with Crippen molar-refractivity contribution >= 4 is 27.8 Å². The molecule has 0 aliphatic heterocycles. The number of carbonyl (C=O) groups is 1. The molecule has 0 bridgehead atoms. The Labute approximate surface area is 162 Å². The van der Waals surface area contributed by atoms with Gasteiger partial charge in [0, 0.05) is 11.9 Å². The standard InChI is InChI=1S/C23H18N2O3/c1-14-9-19-22(20(26)10-14)21-17(23(27)28-2)7-4-8-18(21)25(19)13-16-6-3-5-15(11-16)12-24/h3-11,26H,13H2,1-2H3. The predicted octanol–water partition coefficient (Wildman–Crippen LogP) is 4.52. The van der Waals surface area contributed by atoms with Gasteiger partial charge in [-0.05, 0) is 54.4 Å². The van der Waals surface area contributed by atoms with Gasteiger partial charge < -0.3 is 14.4 Å². The molecule has 0 saturated carbocycles. The highest BCUT2D eigenvalue weighted by Gasteiger charge is 2.20. The fourth-order valence-corrected chi connectivity index (χ4v) is 3.75. The number of aryl methyl sites for hydroxylation is 1. The van der Waals surface area contributed by atoms with Gasteiger partial charge in [0.2, 0.25) is 0 Å². The molecule has 28 heavy (non-hydrogen) atoms. The van der Waals surface area contributed by atoms with Gasteiger partial charge in [0.05, 0.1) is 40.7 Å². The number of aromatic hydroxyl groups is 1. The van der Waals surface area contributed by atoms with Crippen LogP contribution in [0.2, 0.25) is 0 Å². The Morgan fingerprint density at radius 2 is 1.89 bits per heavy atom. The van der Waals surface area contributed by atoms with Gasteiger partial charge in [0.25, 0.3) is 0 Å². The minimum atomic E-state index is -0.448. The zero-order valence-corrected chi connectivity index (χ0v) is 15.6. The average molecular weight is 370 g/mol. The number of fused-ring (bicyclic) bond motifs is 3. The summed E-state index contributed by atoms with van der Waals surface area (Å²) in [6.45, 7) is 2.42. The molecule has 0 atom stereocenters. The van der Waals surface area contributed by atoms with Crippen LogP contribution in [0.3, 0.4) is 0 Å². The largest absolute Gasteiger partial charge is 0.507 e. The van der Waals surface area contributed by atoms with Crippen molar-refractivity contribution in [3.8, 4) is 11.8 Å².